The molecule has 124 valence electrons. The predicted molar refractivity (Wildman–Crippen MR) is 97.4 cm³/mol. The van der Waals surface area contributed by atoms with Gasteiger partial charge in [-0.1, -0.05) is 49.2 Å². The van der Waals surface area contributed by atoms with Crippen molar-refractivity contribution in [3.05, 3.63) is 72.1 Å². The molecule has 1 saturated carbocycles. The summed E-state index contributed by atoms with van der Waals surface area (Å²) >= 11 is 0. The van der Waals surface area contributed by atoms with E-state index in [1.165, 1.54) is 18.4 Å². The van der Waals surface area contributed by atoms with Gasteiger partial charge >= 0.3 is 0 Å². The maximum absolute atomic E-state index is 12.7. The van der Waals surface area contributed by atoms with Gasteiger partial charge in [0.1, 0.15) is 0 Å². The molecule has 1 amide bonds. The molecule has 0 spiro atoms. The molecule has 24 heavy (non-hydrogen) atoms. The van der Waals surface area contributed by atoms with Crippen LogP contribution in [0.5, 0.6) is 0 Å². The van der Waals surface area contributed by atoms with Crippen LogP contribution in [0, 0.1) is 0 Å². The van der Waals surface area contributed by atoms with Gasteiger partial charge in [-0.2, -0.15) is 0 Å². The molecule has 0 aliphatic heterocycles. The summed E-state index contributed by atoms with van der Waals surface area (Å²) in [5.74, 6) is 0.113. The van der Waals surface area contributed by atoms with E-state index in [1.54, 1.807) is 18.5 Å². The highest BCUT2D eigenvalue weighted by molar-refractivity contribution is 5.92. The average Bonchev–Trinajstić information content (AvgIpc) is 3.16. The van der Waals surface area contributed by atoms with Gasteiger partial charge < -0.3 is 4.90 Å². The summed E-state index contributed by atoms with van der Waals surface area (Å²) in [6, 6.07) is 14.6. The lowest BCUT2D eigenvalue weighted by molar-refractivity contribution is -0.128. The molecule has 3 rings (SSSR count). The van der Waals surface area contributed by atoms with Crippen LogP contribution in [0.15, 0.2) is 60.9 Å². The second-order valence-corrected chi connectivity index (χ2v) is 6.33. The van der Waals surface area contributed by atoms with Crippen molar-refractivity contribution in [2.75, 3.05) is 6.54 Å². The van der Waals surface area contributed by atoms with E-state index in [9.17, 15) is 4.79 Å². The van der Waals surface area contributed by atoms with Crippen molar-refractivity contribution in [2.45, 2.75) is 38.1 Å². The van der Waals surface area contributed by atoms with Crippen molar-refractivity contribution in [1.82, 2.24) is 9.88 Å². The smallest absolute Gasteiger partial charge is 0.246 e. The minimum Gasteiger partial charge on any atom is -0.336 e. The van der Waals surface area contributed by atoms with E-state index in [4.69, 9.17) is 0 Å². The number of nitrogens with zero attached hydrogens (tertiary/aromatic N) is 2. The van der Waals surface area contributed by atoms with Crippen LogP contribution >= 0.6 is 0 Å². The zero-order valence-corrected chi connectivity index (χ0v) is 14.0. The summed E-state index contributed by atoms with van der Waals surface area (Å²) < 4.78 is 0. The van der Waals surface area contributed by atoms with Crippen molar-refractivity contribution in [2.24, 2.45) is 0 Å². The van der Waals surface area contributed by atoms with Crippen LogP contribution in [0.2, 0.25) is 0 Å². The third kappa shape index (κ3) is 4.54. The Labute approximate surface area is 144 Å². The first-order chi connectivity index (χ1) is 11.8. The molecular formula is C21H24N2O. The number of carbonyl (C=O) groups excluding carboxylic acids is 1. The third-order valence-corrected chi connectivity index (χ3v) is 4.64. The summed E-state index contributed by atoms with van der Waals surface area (Å²) in [6.45, 7) is 0.783. The van der Waals surface area contributed by atoms with Crippen LogP contribution in [0.4, 0.5) is 0 Å². The summed E-state index contributed by atoms with van der Waals surface area (Å²) in [5, 5.41) is 0. The van der Waals surface area contributed by atoms with Crippen molar-refractivity contribution in [3.63, 3.8) is 0 Å². The molecular weight excluding hydrogens is 296 g/mol. The number of aromatic nitrogens is 1. The Kier molecular flexibility index (Phi) is 5.78. The highest BCUT2D eigenvalue weighted by atomic mass is 16.2. The lowest BCUT2D eigenvalue weighted by Crippen LogP contribution is -2.39. The quantitative estimate of drug-likeness (QED) is 0.751. The number of carbonyl (C=O) groups is 1. The Morgan fingerprint density at radius 3 is 2.62 bits per heavy atom. The molecule has 1 aromatic heterocycles. The molecule has 0 saturated heterocycles. The molecule has 0 radical (unpaired) electrons. The topological polar surface area (TPSA) is 33.2 Å². The van der Waals surface area contributed by atoms with E-state index < -0.39 is 0 Å². The summed E-state index contributed by atoms with van der Waals surface area (Å²) in [6.07, 6.45) is 12.7. The van der Waals surface area contributed by atoms with Gasteiger partial charge in [-0.25, -0.2) is 0 Å². The van der Waals surface area contributed by atoms with E-state index in [0.29, 0.717) is 6.04 Å². The van der Waals surface area contributed by atoms with Crippen molar-refractivity contribution in [1.29, 1.82) is 0 Å². The van der Waals surface area contributed by atoms with E-state index in [2.05, 4.69) is 34.1 Å². The first-order valence-corrected chi connectivity index (χ1v) is 8.75. The SMILES string of the molecule is O=C(/C=C/c1cccnc1)N(CCc1ccccc1)C1CCCC1. The fraction of sp³-hybridized carbons (Fsp3) is 0.333. The van der Waals surface area contributed by atoms with Crippen LogP contribution in [0.3, 0.4) is 0 Å². The molecule has 1 aliphatic rings. The second kappa shape index (κ2) is 8.44. The second-order valence-electron chi connectivity index (χ2n) is 6.33. The van der Waals surface area contributed by atoms with Gasteiger partial charge in [0.25, 0.3) is 0 Å². The Hall–Kier alpha value is -2.42. The first kappa shape index (κ1) is 16.4. The lowest BCUT2D eigenvalue weighted by atomic mass is 10.1. The minimum absolute atomic E-state index is 0.113. The van der Waals surface area contributed by atoms with E-state index in [1.807, 2.05) is 24.3 Å². The van der Waals surface area contributed by atoms with Crippen LogP contribution in [0.25, 0.3) is 6.08 Å². The highest BCUT2D eigenvalue weighted by Gasteiger charge is 2.25. The molecule has 0 bridgehead atoms. The van der Waals surface area contributed by atoms with Crippen LogP contribution in [-0.4, -0.2) is 28.4 Å². The van der Waals surface area contributed by atoms with Gasteiger partial charge in [0.05, 0.1) is 0 Å². The maximum atomic E-state index is 12.7. The number of pyridine rings is 1. The van der Waals surface area contributed by atoms with E-state index in [0.717, 1.165) is 31.4 Å². The zero-order valence-electron chi connectivity index (χ0n) is 14.0. The standard InChI is InChI=1S/C21H24N2O/c24-21(13-12-19-9-6-15-22-17-19)23(20-10-4-5-11-20)16-14-18-7-2-1-3-8-18/h1-3,6-9,12-13,15,17,20H,4-5,10-11,14,16H2/b13-12+. The number of benzene rings is 1. The molecule has 3 heteroatoms. The fourth-order valence-corrected chi connectivity index (χ4v) is 3.32. The summed E-state index contributed by atoms with van der Waals surface area (Å²) in [5.41, 5.74) is 2.24. The minimum atomic E-state index is 0.113. The van der Waals surface area contributed by atoms with Crippen molar-refractivity contribution in [3.8, 4) is 0 Å². The zero-order chi connectivity index (χ0) is 16.6. The molecule has 1 fully saturated rings. The molecule has 1 heterocycles. The molecule has 1 aliphatic carbocycles. The summed E-state index contributed by atoms with van der Waals surface area (Å²) in [4.78, 5) is 18.9. The van der Waals surface area contributed by atoms with Crippen LogP contribution in [0.1, 0.15) is 36.8 Å². The monoisotopic (exact) mass is 320 g/mol. The van der Waals surface area contributed by atoms with Crippen molar-refractivity contribution >= 4 is 12.0 Å². The molecule has 1 aromatic carbocycles. The Balaban J connectivity index is 1.67. The molecule has 2 aromatic rings. The van der Waals surface area contributed by atoms with E-state index in [-0.39, 0.29) is 5.91 Å². The Morgan fingerprint density at radius 1 is 1.12 bits per heavy atom. The molecule has 0 atom stereocenters. The van der Waals surface area contributed by atoms with Gasteiger partial charge in [-0.3, -0.25) is 9.78 Å². The van der Waals surface area contributed by atoms with Crippen LogP contribution < -0.4 is 0 Å². The lowest BCUT2D eigenvalue weighted by Gasteiger charge is -2.28. The number of rotatable bonds is 6. The van der Waals surface area contributed by atoms with Gasteiger partial charge in [-0.05, 0) is 42.5 Å². The fourth-order valence-electron chi connectivity index (χ4n) is 3.32. The molecule has 3 nitrogen and oxygen atoms in total. The number of hydrogen-bond donors (Lipinski definition) is 0. The third-order valence-electron chi connectivity index (χ3n) is 4.64. The number of amides is 1. The normalized spacial score (nSPS) is 15.0. The van der Waals surface area contributed by atoms with Gasteiger partial charge in [0.15, 0.2) is 0 Å². The maximum Gasteiger partial charge on any atom is 0.246 e. The largest absolute Gasteiger partial charge is 0.336 e. The number of hydrogen-bond acceptors (Lipinski definition) is 2. The molecule has 0 unspecified atom stereocenters. The summed E-state index contributed by atoms with van der Waals surface area (Å²) in [7, 11) is 0. The van der Waals surface area contributed by atoms with E-state index >= 15 is 0 Å². The highest BCUT2D eigenvalue weighted by Crippen LogP contribution is 2.24. The average molecular weight is 320 g/mol. The van der Waals surface area contributed by atoms with Crippen LogP contribution in [-0.2, 0) is 11.2 Å². The van der Waals surface area contributed by atoms with Gasteiger partial charge in [0.2, 0.25) is 5.91 Å². The van der Waals surface area contributed by atoms with Gasteiger partial charge in [-0.15, -0.1) is 0 Å². The van der Waals surface area contributed by atoms with Crippen molar-refractivity contribution < 1.29 is 4.79 Å². The van der Waals surface area contributed by atoms with Gasteiger partial charge in [0, 0.05) is 31.1 Å². The molecule has 0 N–H and O–H groups in total. The predicted octanol–water partition coefficient (Wildman–Crippen LogP) is 4.11. The Morgan fingerprint density at radius 2 is 1.92 bits per heavy atom. The first-order valence-electron chi connectivity index (χ1n) is 8.75. The Bertz CT molecular complexity index is 661.